The van der Waals surface area contributed by atoms with E-state index in [0.29, 0.717) is 5.88 Å². The maximum atomic E-state index is 5.49. The van der Waals surface area contributed by atoms with Crippen molar-refractivity contribution in [3.63, 3.8) is 0 Å². The molecule has 0 aromatic carbocycles. The standard InChI is InChI=1S/C10H16ClN3/c1-14-9-10(8-13-14)4-7-12-6-3-2-5-11/h2-3,8-9,12H,4-7H2,1H3/b3-2+. The second-order valence-electron chi connectivity index (χ2n) is 3.10. The Morgan fingerprint density at radius 3 is 3.07 bits per heavy atom. The first kappa shape index (κ1) is 11.3. The zero-order chi connectivity index (χ0) is 10.2. The third-order valence-corrected chi connectivity index (χ3v) is 2.04. The molecule has 0 amide bonds. The smallest absolute Gasteiger partial charge is 0.0522 e. The number of aromatic nitrogens is 2. The number of rotatable bonds is 6. The van der Waals surface area contributed by atoms with Crippen molar-refractivity contribution in [2.45, 2.75) is 6.42 Å². The van der Waals surface area contributed by atoms with Gasteiger partial charge in [-0.3, -0.25) is 4.68 Å². The van der Waals surface area contributed by atoms with E-state index in [0.717, 1.165) is 19.5 Å². The lowest BCUT2D eigenvalue weighted by Gasteiger charge is -1.98. The van der Waals surface area contributed by atoms with Gasteiger partial charge < -0.3 is 5.32 Å². The lowest BCUT2D eigenvalue weighted by Crippen LogP contribution is -2.16. The van der Waals surface area contributed by atoms with Gasteiger partial charge >= 0.3 is 0 Å². The van der Waals surface area contributed by atoms with Crippen molar-refractivity contribution in [3.8, 4) is 0 Å². The van der Waals surface area contributed by atoms with Gasteiger partial charge in [-0.05, 0) is 18.5 Å². The van der Waals surface area contributed by atoms with Crippen molar-refractivity contribution >= 4 is 11.6 Å². The van der Waals surface area contributed by atoms with E-state index in [1.807, 2.05) is 36.3 Å². The number of nitrogens with zero attached hydrogens (tertiary/aromatic N) is 2. The van der Waals surface area contributed by atoms with Crippen molar-refractivity contribution < 1.29 is 0 Å². The van der Waals surface area contributed by atoms with Crippen LogP contribution in [0.15, 0.2) is 24.5 Å². The Kier molecular flexibility index (Phi) is 5.33. The van der Waals surface area contributed by atoms with E-state index in [-0.39, 0.29) is 0 Å². The summed E-state index contributed by atoms with van der Waals surface area (Å²) >= 11 is 5.49. The second kappa shape index (κ2) is 6.62. The molecule has 78 valence electrons. The normalized spacial score (nSPS) is 11.3. The van der Waals surface area contributed by atoms with Gasteiger partial charge in [-0.15, -0.1) is 11.6 Å². The number of alkyl halides is 1. The third-order valence-electron chi connectivity index (χ3n) is 1.87. The fraction of sp³-hybridized carbons (Fsp3) is 0.500. The molecule has 0 aliphatic rings. The zero-order valence-corrected chi connectivity index (χ0v) is 9.17. The van der Waals surface area contributed by atoms with Gasteiger partial charge in [0.25, 0.3) is 0 Å². The highest BCUT2D eigenvalue weighted by molar-refractivity contribution is 6.18. The Hall–Kier alpha value is -0.800. The number of nitrogens with one attached hydrogen (secondary N) is 1. The fourth-order valence-corrected chi connectivity index (χ4v) is 1.29. The van der Waals surface area contributed by atoms with Crippen LogP contribution in [0.4, 0.5) is 0 Å². The van der Waals surface area contributed by atoms with Crippen molar-refractivity contribution in [1.29, 1.82) is 0 Å². The van der Waals surface area contributed by atoms with Crippen LogP contribution in [0, 0.1) is 0 Å². The van der Waals surface area contributed by atoms with E-state index < -0.39 is 0 Å². The van der Waals surface area contributed by atoms with Gasteiger partial charge in [-0.2, -0.15) is 5.10 Å². The number of hydrogen-bond acceptors (Lipinski definition) is 2. The minimum absolute atomic E-state index is 0.588. The lowest BCUT2D eigenvalue weighted by molar-refractivity contribution is 0.741. The first-order valence-corrected chi connectivity index (χ1v) is 5.25. The molecule has 0 fully saturated rings. The van der Waals surface area contributed by atoms with E-state index >= 15 is 0 Å². The molecular weight excluding hydrogens is 198 g/mol. The predicted octanol–water partition coefficient (Wildman–Crippen LogP) is 1.35. The van der Waals surface area contributed by atoms with Gasteiger partial charge in [0.15, 0.2) is 0 Å². The number of hydrogen-bond donors (Lipinski definition) is 1. The third kappa shape index (κ3) is 4.44. The molecule has 0 saturated carbocycles. The van der Waals surface area contributed by atoms with E-state index in [2.05, 4.69) is 10.4 Å². The van der Waals surface area contributed by atoms with Gasteiger partial charge in [0.1, 0.15) is 0 Å². The van der Waals surface area contributed by atoms with Gasteiger partial charge in [-0.25, -0.2) is 0 Å². The van der Waals surface area contributed by atoms with Crippen LogP contribution in [-0.2, 0) is 13.5 Å². The molecule has 1 aromatic heterocycles. The summed E-state index contributed by atoms with van der Waals surface area (Å²) in [6.07, 6.45) is 8.93. The van der Waals surface area contributed by atoms with Crippen LogP contribution in [0.1, 0.15) is 5.56 Å². The summed E-state index contributed by atoms with van der Waals surface area (Å²) in [5.74, 6) is 0.588. The molecule has 1 N–H and O–H groups in total. The van der Waals surface area contributed by atoms with Crippen LogP contribution in [0.25, 0.3) is 0 Å². The molecule has 0 bridgehead atoms. The maximum absolute atomic E-state index is 5.49. The number of aryl methyl sites for hydroxylation is 1. The van der Waals surface area contributed by atoms with Crippen LogP contribution in [-0.4, -0.2) is 28.8 Å². The Balaban J connectivity index is 2.07. The van der Waals surface area contributed by atoms with Crippen LogP contribution in [0.5, 0.6) is 0 Å². The highest BCUT2D eigenvalue weighted by Crippen LogP contribution is 1.95. The summed E-state index contributed by atoms with van der Waals surface area (Å²) in [5, 5.41) is 7.40. The molecule has 0 unspecified atom stereocenters. The topological polar surface area (TPSA) is 29.9 Å². The minimum atomic E-state index is 0.588. The largest absolute Gasteiger partial charge is 0.313 e. The monoisotopic (exact) mass is 213 g/mol. The SMILES string of the molecule is Cn1cc(CCNC/C=C/CCl)cn1. The van der Waals surface area contributed by atoms with E-state index in [1.54, 1.807) is 0 Å². The molecule has 4 heteroatoms. The summed E-state index contributed by atoms with van der Waals surface area (Å²) in [4.78, 5) is 0. The highest BCUT2D eigenvalue weighted by atomic mass is 35.5. The Bertz CT molecular complexity index is 281. The average molecular weight is 214 g/mol. The predicted molar refractivity (Wildman–Crippen MR) is 59.6 cm³/mol. The Morgan fingerprint density at radius 2 is 2.43 bits per heavy atom. The van der Waals surface area contributed by atoms with E-state index in [1.165, 1.54) is 5.56 Å². The molecular formula is C10H16ClN3. The van der Waals surface area contributed by atoms with Crippen LogP contribution < -0.4 is 5.32 Å². The molecule has 1 heterocycles. The molecule has 0 aliphatic carbocycles. The highest BCUT2D eigenvalue weighted by Gasteiger charge is 1.94. The lowest BCUT2D eigenvalue weighted by atomic mass is 10.2. The first-order valence-electron chi connectivity index (χ1n) is 4.72. The molecule has 1 aromatic rings. The molecule has 0 aliphatic heterocycles. The molecule has 0 radical (unpaired) electrons. The summed E-state index contributed by atoms with van der Waals surface area (Å²) in [6, 6.07) is 0. The molecule has 0 atom stereocenters. The van der Waals surface area contributed by atoms with Crippen molar-refractivity contribution in [2.75, 3.05) is 19.0 Å². The van der Waals surface area contributed by atoms with Crippen molar-refractivity contribution in [1.82, 2.24) is 15.1 Å². The maximum Gasteiger partial charge on any atom is 0.0522 e. The van der Waals surface area contributed by atoms with Crippen molar-refractivity contribution in [2.24, 2.45) is 7.05 Å². The average Bonchev–Trinajstić information content (AvgIpc) is 2.58. The van der Waals surface area contributed by atoms with Gasteiger partial charge in [-0.1, -0.05) is 12.2 Å². The first-order chi connectivity index (χ1) is 6.83. The van der Waals surface area contributed by atoms with Gasteiger partial charge in [0.05, 0.1) is 6.20 Å². The van der Waals surface area contributed by atoms with Crippen LogP contribution in [0.3, 0.4) is 0 Å². The summed E-state index contributed by atoms with van der Waals surface area (Å²) < 4.78 is 1.82. The number of allylic oxidation sites excluding steroid dienone is 1. The van der Waals surface area contributed by atoms with Crippen molar-refractivity contribution in [3.05, 3.63) is 30.1 Å². The fourth-order valence-electron chi connectivity index (χ4n) is 1.17. The quantitative estimate of drug-likeness (QED) is 0.439. The Morgan fingerprint density at radius 1 is 1.57 bits per heavy atom. The molecule has 1 rings (SSSR count). The van der Waals surface area contributed by atoms with Crippen LogP contribution in [0.2, 0.25) is 0 Å². The Labute approximate surface area is 89.8 Å². The molecule has 14 heavy (non-hydrogen) atoms. The second-order valence-corrected chi connectivity index (χ2v) is 3.41. The summed E-state index contributed by atoms with van der Waals surface area (Å²) in [6.45, 7) is 1.85. The molecule has 0 saturated heterocycles. The van der Waals surface area contributed by atoms with Crippen LogP contribution >= 0.6 is 11.6 Å². The zero-order valence-electron chi connectivity index (χ0n) is 8.41. The van der Waals surface area contributed by atoms with Gasteiger partial charge in [0.2, 0.25) is 0 Å². The van der Waals surface area contributed by atoms with Gasteiger partial charge in [0, 0.05) is 25.7 Å². The molecule has 0 spiro atoms. The molecule has 3 nitrogen and oxygen atoms in total. The minimum Gasteiger partial charge on any atom is -0.313 e. The summed E-state index contributed by atoms with van der Waals surface area (Å²) in [7, 11) is 1.93. The van der Waals surface area contributed by atoms with E-state index in [4.69, 9.17) is 11.6 Å². The number of halogens is 1. The van der Waals surface area contributed by atoms with E-state index in [9.17, 15) is 0 Å². The summed E-state index contributed by atoms with van der Waals surface area (Å²) in [5.41, 5.74) is 1.27.